The second kappa shape index (κ2) is 9.74. The SMILES string of the molecule is CC(=O)NCC(=O)N1CC[C@@H](c2[nH]ncc2-c2ccnc(NCC3=CCCOC3)c2)C1. The molecule has 4 rings (SSSR count). The Labute approximate surface area is 181 Å². The van der Waals surface area contributed by atoms with Crippen molar-refractivity contribution < 1.29 is 14.3 Å². The number of amides is 2. The molecule has 31 heavy (non-hydrogen) atoms. The molecular formula is C22H28N6O3. The molecule has 0 aliphatic carbocycles. The van der Waals surface area contributed by atoms with E-state index in [1.807, 2.05) is 18.3 Å². The molecule has 1 saturated heterocycles. The van der Waals surface area contributed by atoms with Crippen LogP contribution in [0.1, 0.15) is 31.4 Å². The molecule has 2 aliphatic heterocycles. The first-order chi connectivity index (χ1) is 15.1. The number of ether oxygens (including phenoxy) is 1. The average Bonchev–Trinajstić information content (AvgIpc) is 3.46. The van der Waals surface area contributed by atoms with Gasteiger partial charge in [0.1, 0.15) is 5.82 Å². The number of pyridine rings is 1. The Kier molecular flexibility index (Phi) is 6.61. The quantitative estimate of drug-likeness (QED) is 0.583. The summed E-state index contributed by atoms with van der Waals surface area (Å²) in [7, 11) is 0. The van der Waals surface area contributed by atoms with E-state index in [4.69, 9.17) is 4.74 Å². The number of H-pyrrole nitrogens is 1. The fourth-order valence-corrected chi connectivity index (χ4v) is 4.00. The van der Waals surface area contributed by atoms with E-state index in [9.17, 15) is 9.59 Å². The van der Waals surface area contributed by atoms with Crippen molar-refractivity contribution in [2.75, 3.05) is 44.7 Å². The van der Waals surface area contributed by atoms with Gasteiger partial charge in [0.05, 0.1) is 26.0 Å². The van der Waals surface area contributed by atoms with Crippen molar-refractivity contribution in [1.29, 1.82) is 0 Å². The largest absolute Gasteiger partial charge is 0.377 e. The second-order valence-corrected chi connectivity index (χ2v) is 7.92. The summed E-state index contributed by atoms with van der Waals surface area (Å²) in [5, 5.41) is 13.4. The number of nitrogens with zero attached hydrogens (tertiary/aromatic N) is 3. The number of rotatable bonds is 7. The summed E-state index contributed by atoms with van der Waals surface area (Å²) in [5.74, 6) is 0.715. The standard InChI is InChI=1S/C22H28N6O3/c1-15(29)24-12-21(30)28-7-5-18(13-28)22-19(11-26-27-22)17-4-6-23-20(9-17)25-10-16-3-2-8-31-14-16/h3-4,6,9,11,18H,2,5,7-8,10,12-14H2,1H3,(H,23,25)(H,24,29)(H,26,27)/t18-/m1/s1. The summed E-state index contributed by atoms with van der Waals surface area (Å²) in [5.41, 5.74) is 4.30. The summed E-state index contributed by atoms with van der Waals surface area (Å²) in [6.45, 7) is 4.89. The number of hydrogen-bond acceptors (Lipinski definition) is 6. The maximum Gasteiger partial charge on any atom is 0.241 e. The number of carbonyl (C=O) groups excluding carboxylic acids is 2. The molecule has 0 saturated carbocycles. The maximum absolute atomic E-state index is 12.3. The average molecular weight is 425 g/mol. The maximum atomic E-state index is 12.3. The highest BCUT2D eigenvalue weighted by Gasteiger charge is 2.30. The number of hydrogen-bond donors (Lipinski definition) is 3. The minimum atomic E-state index is -0.200. The summed E-state index contributed by atoms with van der Waals surface area (Å²) in [6, 6.07) is 3.99. The van der Waals surface area contributed by atoms with Gasteiger partial charge in [0, 0.05) is 49.9 Å². The van der Waals surface area contributed by atoms with Crippen LogP contribution in [0.3, 0.4) is 0 Å². The van der Waals surface area contributed by atoms with Crippen molar-refractivity contribution in [3.63, 3.8) is 0 Å². The molecule has 3 N–H and O–H groups in total. The van der Waals surface area contributed by atoms with Gasteiger partial charge in [0.25, 0.3) is 0 Å². The summed E-state index contributed by atoms with van der Waals surface area (Å²) < 4.78 is 5.49. The zero-order valence-corrected chi connectivity index (χ0v) is 17.7. The summed E-state index contributed by atoms with van der Waals surface area (Å²) in [6.07, 6.45) is 7.64. The van der Waals surface area contributed by atoms with Crippen molar-refractivity contribution in [1.82, 2.24) is 25.4 Å². The van der Waals surface area contributed by atoms with E-state index < -0.39 is 0 Å². The third kappa shape index (κ3) is 5.29. The van der Waals surface area contributed by atoms with Crippen LogP contribution in [0.25, 0.3) is 11.1 Å². The molecule has 2 aromatic rings. The van der Waals surface area contributed by atoms with Crippen LogP contribution in [0.5, 0.6) is 0 Å². The monoisotopic (exact) mass is 424 g/mol. The van der Waals surface area contributed by atoms with Gasteiger partial charge in [-0.15, -0.1) is 0 Å². The fraction of sp³-hybridized carbons (Fsp3) is 0.455. The lowest BCUT2D eigenvalue weighted by Crippen LogP contribution is -2.38. The molecule has 2 aliphatic rings. The Balaban J connectivity index is 1.42. The van der Waals surface area contributed by atoms with Gasteiger partial charge in [0.15, 0.2) is 0 Å². The highest BCUT2D eigenvalue weighted by atomic mass is 16.5. The minimum absolute atomic E-state index is 0.0404. The molecule has 0 bridgehead atoms. The van der Waals surface area contributed by atoms with E-state index in [2.05, 4.69) is 31.9 Å². The van der Waals surface area contributed by atoms with Gasteiger partial charge in [-0.2, -0.15) is 5.10 Å². The molecule has 0 radical (unpaired) electrons. The van der Waals surface area contributed by atoms with Gasteiger partial charge >= 0.3 is 0 Å². The number of anilines is 1. The lowest BCUT2D eigenvalue weighted by Gasteiger charge is -2.17. The first-order valence-electron chi connectivity index (χ1n) is 10.6. The van der Waals surface area contributed by atoms with Crippen LogP contribution in [0.15, 0.2) is 36.2 Å². The van der Waals surface area contributed by atoms with E-state index in [0.717, 1.165) is 42.1 Å². The van der Waals surface area contributed by atoms with Gasteiger partial charge in [-0.05, 0) is 36.1 Å². The van der Waals surface area contributed by atoms with Crippen LogP contribution >= 0.6 is 0 Å². The molecule has 0 spiro atoms. The number of carbonyl (C=O) groups is 2. The summed E-state index contributed by atoms with van der Waals surface area (Å²) >= 11 is 0. The van der Waals surface area contributed by atoms with Gasteiger partial charge in [-0.25, -0.2) is 4.98 Å². The Morgan fingerprint density at radius 3 is 3.10 bits per heavy atom. The normalized spacial score (nSPS) is 18.5. The molecule has 4 heterocycles. The van der Waals surface area contributed by atoms with E-state index in [1.165, 1.54) is 12.5 Å². The molecule has 2 amide bonds. The fourth-order valence-electron chi connectivity index (χ4n) is 4.00. The van der Waals surface area contributed by atoms with Crippen molar-refractivity contribution in [2.45, 2.75) is 25.7 Å². The molecule has 9 heteroatoms. The number of aromatic nitrogens is 3. The Morgan fingerprint density at radius 1 is 1.39 bits per heavy atom. The van der Waals surface area contributed by atoms with Gasteiger partial charge < -0.3 is 20.3 Å². The molecule has 1 fully saturated rings. The highest BCUT2D eigenvalue weighted by Crippen LogP contribution is 2.33. The van der Waals surface area contributed by atoms with E-state index in [0.29, 0.717) is 26.2 Å². The molecule has 9 nitrogen and oxygen atoms in total. The van der Waals surface area contributed by atoms with E-state index in [-0.39, 0.29) is 24.3 Å². The molecule has 1 atom stereocenters. The number of nitrogens with one attached hydrogen (secondary N) is 3. The molecular weight excluding hydrogens is 396 g/mol. The zero-order valence-electron chi connectivity index (χ0n) is 17.7. The van der Waals surface area contributed by atoms with Crippen LogP contribution in [-0.2, 0) is 14.3 Å². The lowest BCUT2D eigenvalue weighted by atomic mass is 9.97. The van der Waals surface area contributed by atoms with Crippen molar-refractivity contribution in [3.8, 4) is 11.1 Å². The Morgan fingerprint density at radius 2 is 2.29 bits per heavy atom. The summed E-state index contributed by atoms with van der Waals surface area (Å²) in [4.78, 5) is 29.6. The van der Waals surface area contributed by atoms with Gasteiger partial charge in [-0.3, -0.25) is 14.7 Å². The predicted octanol–water partition coefficient (Wildman–Crippen LogP) is 1.68. The smallest absolute Gasteiger partial charge is 0.241 e. The van der Waals surface area contributed by atoms with Crippen LogP contribution in [0, 0.1) is 0 Å². The van der Waals surface area contributed by atoms with E-state index >= 15 is 0 Å². The zero-order chi connectivity index (χ0) is 21.6. The van der Waals surface area contributed by atoms with Crippen molar-refractivity contribution in [3.05, 3.63) is 41.9 Å². The van der Waals surface area contributed by atoms with Crippen LogP contribution in [0.4, 0.5) is 5.82 Å². The van der Waals surface area contributed by atoms with Crippen molar-refractivity contribution in [2.24, 2.45) is 0 Å². The Bertz CT molecular complexity index is 970. The topological polar surface area (TPSA) is 112 Å². The van der Waals surface area contributed by atoms with Crippen LogP contribution in [0.2, 0.25) is 0 Å². The highest BCUT2D eigenvalue weighted by molar-refractivity contribution is 5.84. The second-order valence-electron chi connectivity index (χ2n) is 7.92. The first kappa shape index (κ1) is 21.0. The molecule has 0 aromatic carbocycles. The van der Waals surface area contributed by atoms with Gasteiger partial charge in [0.2, 0.25) is 11.8 Å². The minimum Gasteiger partial charge on any atom is -0.377 e. The molecule has 164 valence electrons. The number of aromatic amines is 1. The first-order valence-corrected chi connectivity index (χ1v) is 10.6. The van der Waals surface area contributed by atoms with Crippen molar-refractivity contribution >= 4 is 17.6 Å². The number of likely N-dealkylation sites (tertiary alicyclic amines) is 1. The third-order valence-electron chi connectivity index (χ3n) is 5.66. The van der Waals surface area contributed by atoms with Gasteiger partial charge in [-0.1, -0.05) is 6.08 Å². The van der Waals surface area contributed by atoms with Crippen LogP contribution in [-0.4, -0.2) is 71.3 Å². The van der Waals surface area contributed by atoms with Crippen LogP contribution < -0.4 is 10.6 Å². The van der Waals surface area contributed by atoms with E-state index in [1.54, 1.807) is 11.1 Å². The third-order valence-corrected chi connectivity index (χ3v) is 5.66. The lowest BCUT2D eigenvalue weighted by molar-refractivity contribution is -0.131. The molecule has 0 unspecified atom stereocenters. The predicted molar refractivity (Wildman–Crippen MR) is 116 cm³/mol. The molecule has 2 aromatic heterocycles. The Hall–Kier alpha value is -3.20.